The van der Waals surface area contributed by atoms with Crippen molar-refractivity contribution >= 4 is 33.4 Å². The summed E-state index contributed by atoms with van der Waals surface area (Å²) >= 11 is 3.26. The van der Waals surface area contributed by atoms with Crippen molar-refractivity contribution in [3.8, 4) is 0 Å². The Morgan fingerprint density at radius 2 is 2.00 bits per heavy atom. The third kappa shape index (κ3) is 5.87. The van der Waals surface area contributed by atoms with E-state index in [1.54, 1.807) is 13.8 Å². The summed E-state index contributed by atoms with van der Waals surface area (Å²) in [6.45, 7) is 5.81. The Bertz CT molecular complexity index is 467. The van der Waals surface area contributed by atoms with E-state index in [1.165, 1.54) is 0 Å². The number of hydrogen-bond acceptors (Lipinski definition) is 2. The predicted molar refractivity (Wildman–Crippen MR) is 80.4 cm³/mol. The number of halogens is 1. The molecule has 0 aliphatic heterocycles. The molecule has 1 aromatic rings. The van der Waals surface area contributed by atoms with Crippen molar-refractivity contribution in [2.75, 3.05) is 11.9 Å². The molecular weight excluding hydrogens is 308 g/mol. The van der Waals surface area contributed by atoms with Crippen LogP contribution in [0.3, 0.4) is 0 Å². The Labute approximate surface area is 122 Å². The molecule has 0 radical (unpaired) electrons. The van der Waals surface area contributed by atoms with Crippen LogP contribution in [0.15, 0.2) is 24.3 Å². The van der Waals surface area contributed by atoms with Crippen LogP contribution in [0.25, 0.3) is 0 Å². The molecule has 2 N–H and O–H groups in total. The van der Waals surface area contributed by atoms with Crippen molar-refractivity contribution in [2.45, 2.75) is 31.5 Å². The number of carbonyl (C=O) groups is 2. The minimum atomic E-state index is -0.611. The summed E-state index contributed by atoms with van der Waals surface area (Å²) in [4.78, 5) is 23.2. The molecule has 0 heterocycles. The monoisotopic (exact) mass is 326 g/mol. The Morgan fingerprint density at radius 3 is 2.58 bits per heavy atom. The first kappa shape index (κ1) is 15.7. The minimum absolute atomic E-state index is 0.113. The van der Waals surface area contributed by atoms with E-state index < -0.39 is 4.32 Å². The minimum Gasteiger partial charge on any atom is -0.354 e. The van der Waals surface area contributed by atoms with Gasteiger partial charge in [0, 0.05) is 18.7 Å². The first-order valence-electron chi connectivity index (χ1n) is 6.13. The average Bonchev–Trinajstić information content (AvgIpc) is 2.27. The van der Waals surface area contributed by atoms with Gasteiger partial charge in [0.05, 0.1) is 4.32 Å². The number of hydrogen-bond donors (Lipinski definition) is 2. The summed E-state index contributed by atoms with van der Waals surface area (Å²) in [7, 11) is 0. The van der Waals surface area contributed by atoms with Crippen molar-refractivity contribution < 1.29 is 9.59 Å². The first-order valence-corrected chi connectivity index (χ1v) is 6.92. The van der Waals surface area contributed by atoms with Gasteiger partial charge >= 0.3 is 0 Å². The summed E-state index contributed by atoms with van der Waals surface area (Å²) in [6.07, 6.45) is 0.253. The van der Waals surface area contributed by atoms with Gasteiger partial charge in [-0.25, -0.2) is 0 Å². The number of rotatable bonds is 5. The number of nitrogens with one attached hydrogen (secondary N) is 2. The van der Waals surface area contributed by atoms with Gasteiger partial charge in [-0.2, -0.15) is 0 Å². The third-order valence-corrected chi connectivity index (χ3v) is 2.84. The number of amides is 2. The van der Waals surface area contributed by atoms with Crippen LogP contribution in [0.5, 0.6) is 0 Å². The second kappa shape index (κ2) is 6.70. The Balaban J connectivity index is 2.35. The zero-order valence-corrected chi connectivity index (χ0v) is 13.0. The van der Waals surface area contributed by atoms with Crippen LogP contribution in [0.4, 0.5) is 5.69 Å². The molecule has 0 atom stereocenters. The molecular formula is C14H19BrN2O2. The van der Waals surface area contributed by atoms with Gasteiger partial charge in [-0.05, 0) is 38.5 Å². The number of carbonyl (C=O) groups excluding carboxylic acids is 2. The van der Waals surface area contributed by atoms with Crippen LogP contribution in [-0.2, 0) is 9.59 Å². The fourth-order valence-corrected chi connectivity index (χ4v) is 1.59. The van der Waals surface area contributed by atoms with Crippen molar-refractivity contribution in [1.82, 2.24) is 5.32 Å². The van der Waals surface area contributed by atoms with E-state index in [4.69, 9.17) is 0 Å². The fraction of sp³-hybridized carbons (Fsp3) is 0.429. The molecule has 2 amide bonds. The average molecular weight is 327 g/mol. The summed E-state index contributed by atoms with van der Waals surface area (Å²) in [5.74, 6) is -0.242. The SMILES string of the molecule is Cc1cccc(NC(=O)CCNC(=O)C(C)(C)Br)c1. The van der Waals surface area contributed by atoms with Crippen molar-refractivity contribution in [3.05, 3.63) is 29.8 Å². The standard InChI is InChI=1S/C14H19BrN2O2/c1-10-5-4-6-11(9-10)17-12(18)7-8-16-13(19)14(2,3)15/h4-6,9H,7-8H2,1-3H3,(H,16,19)(H,17,18). The molecule has 0 spiro atoms. The van der Waals surface area contributed by atoms with Gasteiger partial charge < -0.3 is 10.6 Å². The largest absolute Gasteiger partial charge is 0.354 e. The van der Waals surface area contributed by atoms with Crippen LogP contribution in [-0.4, -0.2) is 22.7 Å². The molecule has 0 saturated heterocycles. The van der Waals surface area contributed by atoms with Crippen LogP contribution in [0.2, 0.25) is 0 Å². The van der Waals surface area contributed by atoms with E-state index in [-0.39, 0.29) is 18.2 Å². The third-order valence-electron chi connectivity index (χ3n) is 2.48. The highest BCUT2D eigenvalue weighted by molar-refractivity contribution is 9.10. The van der Waals surface area contributed by atoms with Crippen LogP contribution < -0.4 is 10.6 Å². The van der Waals surface area contributed by atoms with E-state index in [0.29, 0.717) is 6.54 Å². The Morgan fingerprint density at radius 1 is 1.32 bits per heavy atom. The van der Waals surface area contributed by atoms with Crippen LogP contribution in [0.1, 0.15) is 25.8 Å². The smallest absolute Gasteiger partial charge is 0.236 e. The predicted octanol–water partition coefficient (Wildman–Crippen LogP) is 2.61. The van der Waals surface area contributed by atoms with Gasteiger partial charge in [-0.3, -0.25) is 9.59 Å². The van der Waals surface area contributed by atoms with E-state index in [9.17, 15) is 9.59 Å². The van der Waals surface area contributed by atoms with Crippen LogP contribution in [0, 0.1) is 6.92 Å². The molecule has 0 fully saturated rings. The Kier molecular flexibility index (Phi) is 5.54. The molecule has 1 rings (SSSR count). The van der Waals surface area contributed by atoms with Crippen molar-refractivity contribution in [1.29, 1.82) is 0 Å². The molecule has 1 aromatic carbocycles. The van der Waals surface area contributed by atoms with Crippen LogP contribution >= 0.6 is 15.9 Å². The lowest BCUT2D eigenvalue weighted by Crippen LogP contribution is -2.38. The maximum absolute atomic E-state index is 11.7. The van der Waals surface area contributed by atoms with Crippen molar-refractivity contribution in [2.24, 2.45) is 0 Å². The highest BCUT2D eigenvalue weighted by atomic mass is 79.9. The van der Waals surface area contributed by atoms with Gasteiger partial charge in [0.25, 0.3) is 0 Å². The van der Waals surface area contributed by atoms with E-state index in [2.05, 4.69) is 26.6 Å². The van der Waals surface area contributed by atoms with E-state index in [0.717, 1.165) is 11.3 Å². The molecule has 4 nitrogen and oxygen atoms in total. The summed E-state index contributed by atoms with van der Waals surface area (Å²) in [5, 5.41) is 5.50. The number of anilines is 1. The first-order chi connectivity index (χ1) is 8.79. The van der Waals surface area contributed by atoms with E-state index >= 15 is 0 Å². The molecule has 0 aliphatic rings. The molecule has 0 unspecified atom stereocenters. The second-order valence-electron chi connectivity index (χ2n) is 4.90. The normalized spacial score (nSPS) is 10.9. The van der Waals surface area contributed by atoms with E-state index in [1.807, 2.05) is 31.2 Å². The lowest BCUT2D eigenvalue weighted by Gasteiger charge is -2.15. The zero-order chi connectivity index (χ0) is 14.5. The number of benzene rings is 1. The van der Waals surface area contributed by atoms with Gasteiger partial charge in [-0.1, -0.05) is 28.1 Å². The molecule has 104 valence electrons. The molecule has 5 heteroatoms. The lowest BCUT2D eigenvalue weighted by molar-refractivity contribution is -0.122. The summed E-state index contributed by atoms with van der Waals surface area (Å²) in [6, 6.07) is 7.59. The highest BCUT2D eigenvalue weighted by Crippen LogP contribution is 2.15. The quantitative estimate of drug-likeness (QED) is 0.817. The Hall–Kier alpha value is -1.36. The number of aryl methyl sites for hydroxylation is 1. The summed E-state index contributed by atoms with van der Waals surface area (Å²) in [5.41, 5.74) is 1.87. The second-order valence-corrected chi connectivity index (χ2v) is 6.88. The van der Waals surface area contributed by atoms with Gasteiger partial charge in [0.2, 0.25) is 11.8 Å². The van der Waals surface area contributed by atoms with Crippen molar-refractivity contribution in [3.63, 3.8) is 0 Å². The zero-order valence-electron chi connectivity index (χ0n) is 11.4. The summed E-state index contributed by atoms with van der Waals surface area (Å²) < 4.78 is -0.611. The fourth-order valence-electron chi connectivity index (χ4n) is 1.45. The molecule has 0 bridgehead atoms. The molecule has 19 heavy (non-hydrogen) atoms. The molecule has 0 aromatic heterocycles. The maximum atomic E-state index is 11.7. The lowest BCUT2D eigenvalue weighted by atomic mass is 10.2. The van der Waals surface area contributed by atoms with Gasteiger partial charge in [0.15, 0.2) is 0 Å². The highest BCUT2D eigenvalue weighted by Gasteiger charge is 2.22. The number of alkyl halides is 1. The topological polar surface area (TPSA) is 58.2 Å². The van der Waals surface area contributed by atoms with Gasteiger partial charge in [0.1, 0.15) is 0 Å². The maximum Gasteiger partial charge on any atom is 0.236 e. The molecule has 0 saturated carbocycles. The van der Waals surface area contributed by atoms with Gasteiger partial charge in [-0.15, -0.1) is 0 Å². The molecule has 0 aliphatic carbocycles.